The molecule has 0 aromatic heterocycles. The molecule has 3 N–H and O–H groups in total. The number of alkyl halides is 3. The molecule has 0 heterocycles. The molecule has 17 heavy (non-hydrogen) atoms. The molecule has 1 unspecified atom stereocenters. The monoisotopic (exact) mass is 422 g/mol. The number of benzene rings is 1. The zero-order valence-corrected chi connectivity index (χ0v) is 12.4. The van der Waals surface area contributed by atoms with Gasteiger partial charge in [-0.15, -0.1) is 0 Å². The summed E-state index contributed by atoms with van der Waals surface area (Å²) in [6, 6.07) is 4.97. The molecular weight excluding hydrogens is 412 g/mol. The molecular formula is C10H11BrF3IN2. The minimum atomic E-state index is -4.16. The van der Waals surface area contributed by atoms with Crippen LogP contribution in [0.2, 0.25) is 0 Å². The van der Waals surface area contributed by atoms with Gasteiger partial charge in [0.25, 0.3) is 0 Å². The molecule has 0 spiro atoms. The lowest BCUT2D eigenvalue weighted by atomic mass is 10.0. The number of halogens is 5. The molecule has 1 rings (SSSR count). The highest BCUT2D eigenvalue weighted by Crippen LogP contribution is 2.31. The van der Waals surface area contributed by atoms with Gasteiger partial charge < -0.3 is 0 Å². The molecule has 2 nitrogen and oxygen atoms in total. The highest BCUT2D eigenvalue weighted by atomic mass is 127. The molecule has 0 fully saturated rings. The molecule has 96 valence electrons. The second-order valence-corrected chi connectivity index (χ2v) is 5.64. The smallest absolute Gasteiger partial charge is 0.271 e. The summed E-state index contributed by atoms with van der Waals surface area (Å²) in [4.78, 5) is 0. The van der Waals surface area contributed by atoms with Crippen molar-refractivity contribution in [2.75, 3.05) is 0 Å². The van der Waals surface area contributed by atoms with Crippen LogP contribution in [0.25, 0.3) is 0 Å². The lowest BCUT2D eigenvalue weighted by Crippen LogP contribution is -2.29. The molecule has 0 bridgehead atoms. The first-order chi connectivity index (χ1) is 7.83. The number of hydrogen-bond acceptors (Lipinski definition) is 2. The average molecular weight is 423 g/mol. The fourth-order valence-electron chi connectivity index (χ4n) is 1.42. The minimum absolute atomic E-state index is 0.0846. The third-order valence-electron chi connectivity index (χ3n) is 2.25. The Labute approximate surface area is 119 Å². The highest BCUT2D eigenvalue weighted by Gasteiger charge is 2.28. The predicted molar refractivity (Wildman–Crippen MR) is 72.2 cm³/mol. The van der Waals surface area contributed by atoms with E-state index < -0.39 is 18.6 Å². The molecule has 0 aliphatic rings. The van der Waals surface area contributed by atoms with Crippen LogP contribution in [0.5, 0.6) is 0 Å². The van der Waals surface area contributed by atoms with Crippen LogP contribution in [0.15, 0.2) is 22.7 Å². The van der Waals surface area contributed by atoms with Gasteiger partial charge in [0.2, 0.25) is 0 Å². The van der Waals surface area contributed by atoms with Crippen LogP contribution in [0, 0.1) is 3.57 Å². The van der Waals surface area contributed by atoms with Crippen LogP contribution in [-0.4, -0.2) is 6.18 Å². The van der Waals surface area contributed by atoms with Crippen molar-refractivity contribution in [1.82, 2.24) is 5.43 Å². The van der Waals surface area contributed by atoms with Crippen molar-refractivity contribution >= 4 is 38.5 Å². The zero-order valence-electron chi connectivity index (χ0n) is 8.69. The van der Waals surface area contributed by atoms with Gasteiger partial charge in [-0.1, -0.05) is 15.9 Å². The number of hydrazine groups is 1. The van der Waals surface area contributed by atoms with Gasteiger partial charge in [-0.3, -0.25) is 11.3 Å². The molecule has 0 saturated heterocycles. The molecule has 0 amide bonds. The van der Waals surface area contributed by atoms with Crippen LogP contribution in [0.3, 0.4) is 0 Å². The summed E-state index contributed by atoms with van der Waals surface area (Å²) in [5, 5.41) is 0. The van der Waals surface area contributed by atoms with Crippen LogP contribution < -0.4 is 11.3 Å². The largest absolute Gasteiger partial charge is 0.389 e. The van der Waals surface area contributed by atoms with Crippen LogP contribution >= 0.6 is 38.5 Å². The summed E-state index contributed by atoms with van der Waals surface area (Å²) in [6.45, 7) is 0. The van der Waals surface area contributed by atoms with E-state index in [-0.39, 0.29) is 6.42 Å². The average Bonchev–Trinajstić information content (AvgIpc) is 2.22. The summed E-state index contributed by atoms with van der Waals surface area (Å²) in [5.41, 5.74) is 3.17. The molecule has 1 atom stereocenters. The maximum absolute atomic E-state index is 12.2. The second-order valence-electron chi connectivity index (χ2n) is 3.54. The topological polar surface area (TPSA) is 38.0 Å². The van der Waals surface area contributed by atoms with E-state index in [0.29, 0.717) is 0 Å². The fraction of sp³-hybridized carbons (Fsp3) is 0.400. The van der Waals surface area contributed by atoms with E-state index >= 15 is 0 Å². The Morgan fingerprint density at radius 1 is 1.41 bits per heavy atom. The quantitative estimate of drug-likeness (QED) is 0.438. The molecule has 0 radical (unpaired) electrons. The first kappa shape index (κ1) is 15.2. The molecule has 0 saturated carbocycles. The summed E-state index contributed by atoms with van der Waals surface area (Å²) in [5.74, 6) is 5.31. The molecule has 1 aromatic rings. The fourth-order valence-corrected chi connectivity index (χ4v) is 2.46. The third kappa shape index (κ3) is 5.11. The molecule has 0 aliphatic carbocycles. The van der Waals surface area contributed by atoms with E-state index in [0.717, 1.165) is 13.6 Å². The van der Waals surface area contributed by atoms with E-state index in [1.807, 2.05) is 12.1 Å². The highest BCUT2D eigenvalue weighted by molar-refractivity contribution is 14.1. The summed E-state index contributed by atoms with van der Waals surface area (Å²) in [7, 11) is 0. The zero-order chi connectivity index (χ0) is 13.1. The number of rotatable bonds is 4. The van der Waals surface area contributed by atoms with Gasteiger partial charge >= 0.3 is 6.18 Å². The van der Waals surface area contributed by atoms with Gasteiger partial charge in [-0.05, 0) is 52.8 Å². The Kier molecular flexibility index (Phi) is 5.68. The number of hydrogen-bond donors (Lipinski definition) is 2. The SMILES string of the molecule is NNC(CCC(F)(F)F)c1cc(I)ccc1Br. The van der Waals surface area contributed by atoms with Crippen molar-refractivity contribution in [3.05, 3.63) is 31.8 Å². The van der Waals surface area contributed by atoms with Gasteiger partial charge in [0, 0.05) is 20.5 Å². The standard InChI is InChI=1S/C10H11BrF3IN2/c11-8-2-1-6(15)5-7(8)9(17-16)3-4-10(12,13)14/h1-2,5,9,17H,3-4,16H2. The Morgan fingerprint density at radius 3 is 2.59 bits per heavy atom. The van der Waals surface area contributed by atoms with Crippen molar-refractivity contribution in [3.63, 3.8) is 0 Å². The molecule has 0 aliphatic heterocycles. The van der Waals surface area contributed by atoms with E-state index in [1.54, 1.807) is 6.07 Å². The van der Waals surface area contributed by atoms with E-state index in [1.165, 1.54) is 0 Å². The van der Waals surface area contributed by atoms with Crippen molar-refractivity contribution < 1.29 is 13.2 Å². The van der Waals surface area contributed by atoms with E-state index in [4.69, 9.17) is 5.84 Å². The summed E-state index contributed by atoms with van der Waals surface area (Å²) >= 11 is 5.42. The van der Waals surface area contributed by atoms with Crippen molar-refractivity contribution in [3.8, 4) is 0 Å². The van der Waals surface area contributed by atoms with Crippen LogP contribution in [0.4, 0.5) is 13.2 Å². The van der Waals surface area contributed by atoms with Gasteiger partial charge in [0.1, 0.15) is 0 Å². The second kappa shape index (κ2) is 6.35. The van der Waals surface area contributed by atoms with Gasteiger partial charge in [0.05, 0.1) is 0 Å². The Morgan fingerprint density at radius 2 is 2.06 bits per heavy atom. The van der Waals surface area contributed by atoms with E-state index in [2.05, 4.69) is 43.9 Å². The van der Waals surface area contributed by atoms with Crippen molar-refractivity contribution in [1.29, 1.82) is 0 Å². The maximum atomic E-state index is 12.2. The Bertz CT molecular complexity index is 384. The van der Waals surface area contributed by atoms with Crippen molar-refractivity contribution in [2.45, 2.75) is 25.1 Å². The number of nitrogens with two attached hydrogens (primary N) is 1. The first-order valence-corrected chi connectivity index (χ1v) is 6.68. The van der Waals surface area contributed by atoms with E-state index in [9.17, 15) is 13.2 Å². The van der Waals surface area contributed by atoms with Crippen LogP contribution in [-0.2, 0) is 0 Å². The van der Waals surface area contributed by atoms with Crippen LogP contribution in [0.1, 0.15) is 24.4 Å². The van der Waals surface area contributed by atoms with Gasteiger partial charge in [0.15, 0.2) is 0 Å². The molecule has 1 aromatic carbocycles. The molecule has 7 heteroatoms. The summed E-state index contributed by atoms with van der Waals surface area (Å²) in [6.07, 6.45) is -5.11. The Hall–Kier alpha value is 0.140. The third-order valence-corrected chi connectivity index (χ3v) is 3.64. The normalized spacial score (nSPS) is 13.8. The predicted octanol–water partition coefficient (Wildman–Crippen LogP) is 3.90. The van der Waals surface area contributed by atoms with Gasteiger partial charge in [-0.25, -0.2) is 0 Å². The van der Waals surface area contributed by atoms with Gasteiger partial charge in [-0.2, -0.15) is 13.2 Å². The summed E-state index contributed by atoms with van der Waals surface area (Å²) < 4.78 is 38.2. The lowest BCUT2D eigenvalue weighted by Gasteiger charge is -2.19. The number of nitrogens with one attached hydrogen (secondary N) is 1. The van der Waals surface area contributed by atoms with Crippen molar-refractivity contribution in [2.24, 2.45) is 5.84 Å². The lowest BCUT2D eigenvalue weighted by molar-refractivity contribution is -0.136. The maximum Gasteiger partial charge on any atom is 0.389 e. The Balaban J connectivity index is 2.82. The minimum Gasteiger partial charge on any atom is -0.271 e. The first-order valence-electron chi connectivity index (χ1n) is 4.81.